The van der Waals surface area contributed by atoms with Crippen LogP contribution in [-0.4, -0.2) is 5.65 Å². The Balaban J connectivity index is 4.09. The van der Waals surface area contributed by atoms with E-state index in [1.165, 1.54) is 0 Å². The maximum atomic E-state index is 10.00. The molecule has 42 valence electrons. The Morgan fingerprint density at radius 1 is 1.43 bits per heavy atom. The molecule has 0 aromatic heterocycles. The summed E-state index contributed by atoms with van der Waals surface area (Å²) >= 11 is 0. The van der Waals surface area contributed by atoms with E-state index in [9.17, 15) is 9.36 Å². The van der Waals surface area contributed by atoms with Crippen LogP contribution in [0.3, 0.4) is 0 Å². The first kappa shape index (κ1) is 6.62. The maximum absolute atomic E-state index is 10.00. The molecule has 0 aliphatic rings. The van der Waals surface area contributed by atoms with Crippen molar-refractivity contribution in [3.05, 3.63) is 0 Å². The summed E-state index contributed by atoms with van der Waals surface area (Å²) in [6.07, 6.45) is 0. The molecule has 0 aliphatic heterocycles. The van der Waals surface area contributed by atoms with Crippen LogP contribution in [0.1, 0.15) is 0 Å². The second-order valence-corrected chi connectivity index (χ2v) is 2.91. The lowest BCUT2D eigenvalue weighted by Crippen LogP contribution is -2.20. The summed E-state index contributed by atoms with van der Waals surface area (Å²) in [5.41, 5.74) is 12.3. The summed E-state index contributed by atoms with van der Waals surface area (Å²) in [7, 11) is -3.60. The molecule has 0 aromatic rings. The zero-order valence-electron chi connectivity index (χ0n) is 3.50. The van der Waals surface area contributed by atoms with Gasteiger partial charge in [0.2, 0.25) is 0 Å². The zero-order valence-corrected chi connectivity index (χ0v) is 4.39. The Bertz CT molecular complexity index is 125. The number of hydrogen-bond acceptors (Lipinski definition) is 2. The van der Waals surface area contributed by atoms with E-state index in [0.29, 0.717) is 0 Å². The monoisotopic (exact) mass is 123 g/mol. The van der Waals surface area contributed by atoms with Gasteiger partial charge in [-0.25, -0.2) is 0 Å². The van der Waals surface area contributed by atoms with Crippen LogP contribution in [0.4, 0.5) is 4.79 Å². The van der Waals surface area contributed by atoms with Crippen LogP contribution in [0.25, 0.3) is 0 Å². The van der Waals surface area contributed by atoms with Gasteiger partial charge in [-0.3, -0.25) is 20.4 Å². The molecule has 0 saturated carbocycles. The lowest BCUT2D eigenvalue weighted by molar-refractivity contribution is 0.265. The van der Waals surface area contributed by atoms with Gasteiger partial charge in [-0.05, 0) is 0 Å². The maximum Gasteiger partial charge on any atom is 0.305 e. The van der Waals surface area contributed by atoms with E-state index in [0.717, 1.165) is 0 Å². The van der Waals surface area contributed by atoms with Crippen molar-refractivity contribution in [3.63, 3.8) is 0 Å². The van der Waals surface area contributed by atoms with Crippen molar-refractivity contribution in [2.75, 3.05) is 0 Å². The second-order valence-electron chi connectivity index (χ2n) is 1.05. The average Bonchev–Trinajstić information content (AvgIpc) is 1.31. The molecule has 5 nitrogen and oxygen atoms in total. The molecular weight excluding hydrogens is 117 g/mol. The Hall–Kier alpha value is -0.380. The molecule has 0 atom stereocenters. The highest BCUT2D eigenvalue weighted by molar-refractivity contribution is 7.76. The first-order valence-corrected chi connectivity index (χ1v) is 3.26. The Kier molecular flexibility index (Phi) is 1.53. The summed E-state index contributed by atoms with van der Waals surface area (Å²) in [4.78, 5) is 9.73. The van der Waals surface area contributed by atoms with Crippen LogP contribution in [0.2, 0.25) is 0 Å². The minimum atomic E-state index is -3.60. The topological polar surface area (TPSA) is 112 Å². The molecule has 0 bridgehead atoms. The molecule has 1 amide bonds. The molecule has 0 spiro atoms. The zero-order chi connectivity index (χ0) is 6.08. The first-order valence-electron chi connectivity index (χ1n) is 1.42. The average molecular weight is 123 g/mol. The number of carbonyl (C=O) groups is 1. The first-order chi connectivity index (χ1) is 2.94. The standard InChI is InChI=1S/CH6N3O2P/c2-1(5)7(3,4)6/h(H2,2,5)(H4,3,4,6). The number of rotatable bonds is 1. The second kappa shape index (κ2) is 1.61. The van der Waals surface area contributed by atoms with Crippen molar-refractivity contribution in [1.29, 1.82) is 0 Å². The number of nitrogens with two attached hydrogens (primary N) is 3. The largest absolute Gasteiger partial charge is 0.361 e. The van der Waals surface area contributed by atoms with Gasteiger partial charge >= 0.3 is 5.65 Å². The van der Waals surface area contributed by atoms with Crippen LogP contribution in [0.5, 0.6) is 0 Å². The van der Waals surface area contributed by atoms with Crippen LogP contribution < -0.4 is 16.7 Å². The van der Waals surface area contributed by atoms with Gasteiger partial charge < -0.3 is 5.73 Å². The SMILES string of the molecule is NC(=O)P(N)(N)=O. The highest BCUT2D eigenvalue weighted by Crippen LogP contribution is 2.22. The number of primary amides is 1. The van der Waals surface area contributed by atoms with Gasteiger partial charge in [0, 0.05) is 0 Å². The quantitative estimate of drug-likeness (QED) is 0.395. The molecule has 0 radical (unpaired) electrons. The molecule has 6 heteroatoms. The number of amides is 1. The fourth-order valence-corrected chi connectivity index (χ4v) is 0. The fraction of sp³-hybridized carbons (Fsp3) is 0. The summed E-state index contributed by atoms with van der Waals surface area (Å²) in [5.74, 6) is 0. The molecule has 7 heavy (non-hydrogen) atoms. The predicted octanol–water partition coefficient (Wildman–Crippen LogP) is -0.824. The van der Waals surface area contributed by atoms with E-state index in [2.05, 4.69) is 16.7 Å². The van der Waals surface area contributed by atoms with Crippen molar-refractivity contribution < 1.29 is 9.36 Å². The number of carbonyl (C=O) groups excluding carboxylic acids is 1. The highest BCUT2D eigenvalue weighted by atomic mass is 31.2. The smallest absolute Gasteiger partial charge is 0.305 e. The normalized spacial score (nSPS) is 11.1. The van der Waals surface area contributed by atoms with Gasteiger partial charge in [0.25, 0.3) is 7.44 Å². The van der Waals surface area contributed by atoms with Crippen LogP contribution in [0, 0.1) is 0 Å². The van der Waals surface area contributed by atoms with E-state index in [-0.39, 0.29) is 0 Å². The van der Waals surface area contributed by atoms with Crippen molar-refractivity contribution in [1.82, 2.24) is 0 Å². The van der Waals surface area contributed by atoms with Gasteiger partial charge in [-0.2, -0.15) is 0 Å². The molecule has 0 heterocycles. The summed E-state index contributed by atoms with van der Waals surface area (Å²) in [5, 5.41) is 0. The van der Waals surface area contributed by atoms with Crippen molar-refractivity contribution in [3.8, 4) is 0 Å². The van der Waals surface area contributed by atoms with Crippen LogP contribution in [0.15, 0.2) is 0 Å². The number of hydrogen-bond donors (Lipinski definition) is 3. The van der Waals surface area contributed by atoms with Gasteiger partial charge in [-0.1, -0.05) is 0 Å². The summed E-state index contributed by atoms with van der Waals surface area (Å²) < 4.78 is 10.00. The van der Waals surface area contributed by atoms with E-state index >= 15 is 0 Å². The third-order valence-electron chi connectivity index (χ3n) is 0.344. The van der Waals surface area contributed by atoms with E-state index in [1.54, 1.807) is 0 Å². The van der Waals surface area contributed by atoms with Crippen LogP contribution in [-0.2, 0) is 4.57 Å². The lowest BCUT2D eigenvalue weighted by atomic mass is 11.5. The Morgan fingerprint density at radius 2 is 1.57 bits per heavy atom. The summed E-state index contributed by atoms with van der Waals surface area (Å²) in [6, 6.07) is 0. The predicted molar refractivity (Wildman–Crippen MR) is 25.6 cm³/mol. The molecule has 0 unspecified atom stereocenters. The van der Waals surface area contributed by atoms with Crippen LogP contribution >= 0.6 is 7.44 Å². The lowest BCUT2D eigenvalue weighted by Gasteiger charge is -1.95. The van der Waals surface area contributed by atoms with Gasteiger partial charge in [0.05, 0.1) is 0 Å². The Labute approximate surface area is 40.3 Å². The van der Waals surface area contributed by atoms with Crippen molar-refractivity contribution in [2.45, 2.75) is 0 Å². The third kappa shape index (κ3) is 2.33. The summed E-state index contributed by atoms with van der Waals surface area (Å²) in [6.45, 7) is 0. The van der Waals surface area contributed by atoms with E-state index in [4.69, 9.17) is 0 Å². The van der Waals surface area contributed by atoms with Crippen molar-refractivity contribution in [2.24, 2.45) is 16.7 Å². The molecule has 0 saturated heterocycles. The molecule has 0 aromatic carbocycles. The molecule has 0 aliphatic carbocycles. The van der Waals surface area contributed by atoms with E-state index in [1.807, 2.05) is 0 Å². The molecule has 6 N–H and O–H groups in total. The van der Waals surface area contributed by atoms with Gasteiger partial charge in [0.15, 0.2) is 0 Å². The van der Waals surface area contributed by atoms with E-state index < -0.39 is 13.1 Å². The molecular formula is CH6N3O2P. The third-order valence-corrected chi connectivity index (χ3v) is 1.03. The molecule has 0 rings (SSSR count). The molecule has 0 fully saturated rings. The minimum absolute atomic E-state index is 1.15. The highest BCUT2D eigenvalue weighted by Gasteiger charge is 2.14. The minimum Gasteiger partial charge on any atom is -0.361 e. The van der Waals surface area contributed by atoms with Gasteiger partial charge in [-0.15, -0.1) is 0 Å². The van der Waals surface area contributed by atoms with Crippen molar-refractivity contribution >= 4 is 13.1 Å². The Morgan fingerprint density at radius 3 is 1.57 bits per heavy atom. The van der Waals surface area contributed by atoms with Gasteiger partial charge in [0.1, 0.15) is 0 Å². The fourth-order valence-electron chi connectivity index (χ4n) is 0.